The molecule has 9 nitrogen and oxygen atoms in total. The van der Waals surface area contributed by atoms with Gasteiger partial charge in [-0.3, -0.25) is 4.79 Å². The Balaban J connectivity index is 1.22. The van der Waals surface area contributed by atoms with Crippen molar-refractivity contribution in [3.8, 4) is 5.75 Å². The van der Waals surface area contributed by atoms with Crippen LogP contribution in [0.3, 0.4) is 0 Å². The quantitative estimate of drug-likeness (QED) is 0.523. The van der Waals surface area contributed by atoms with Crippen molar-refractivity contribution < 1.29 is 9.53 Å². The molecule has 0 aliphatic carbocycles. The number of halogens is 2. The number of anilines is 2. The van der Waals surface area contributed by atoms with Crippen LogP contribution < -0.4 is 15.0 Å². The van der Waals surface area contributed by atoms with Crippen LogP contribution >= 0.6 is 23.2 Å². The van der Waals surface area contributed by atoms with E-state index in [4.69, 9.17) is 32.9 Å². The van der Waals surface area contributed by atoms with Crippen molar-refractivity contribution in [2.24, 2.45) is 0 Å². The molecule has 0 bridgehead atoms. The molecule has 2 fully saturated rings. The molecular weight excluding hydrogens is 489 g/mol. The lowest BCUT2D eigenvalue weighted by Gasteiger charge is -2.36. The van der Waals surface area contributed by atoms with E-state index in [1.54, 1.807) is 18.2 Å². The number of nitrogens with one attached hydrogen (secondary N) is 1. The first-order valence-corrected chi connectivity index (χ1v) is 12.6. The minimum atomic E-state index is -0.388. The van der Waals surface area contributed by atoms with Gasteiger partial charge in [0.15, 0.2) is 18.1 Å². The molecule has 0 saturated carbocycles. The predicted octanol–water partition coefficient (Wildman–Crippen LogP) is 4.12. The number of ether oxygens (including phenoxy) is 1. The summed E-state index contributed by atoms with van der Waals surface area (Å²) >= 11 is 12.0. The summed E-state index contributed by atoms with van der Waals surface area (Å²) < 4.78 is 5.48. The Morgan fingerprint density at radius 2 is 1.89 bits per heavy atom. The largest absolute Gasteiger partial charge is 0.482 e. The van der Waals surface area contributed by atoms with Crippen LogP contribution in [0.15, 0.2) is 24.4 Å². The third kappa shape index (κ3) is 5.58. The Kier molecular flexibility index (Phi) is 7.17. The van der Waals surface area contributed by atoms with Crippen molar-refractivity contribution in [1.29, 1.82) is 0 Å². The first kappa shape index (κ1) is 24.0. The number of piperidine rings is 1. The summed E-state index contributed by atoms with van der Waals surface area (Å²) in [5.74, 6) is 0.978. The van der Waals surface area contributed by atoms with E-state index in [-0.39, 0.29) is 12.5 Å². The van der Waals surface area contributed by atoms with Gasteiger partial charge in [0.25, 0.3) is 5.91 Å². The van der Waals surface area contributed by atoms with Gasteiger partial charge in [0.2, 0.25) is 5.95 Å². The van der Waals surface area contributed by atoms with Crippen LogP contribution in [0.1, 0.15) is 31.4 Å². The van der Waals surface area contributed by atoms with Crippen LogP contribution in [0, 0.1) is 6.92 Å². The van der Waals surface area contributed by atoms with Gasteiger partial charge in [-0.25, -0.2) is 15.0 Å². The predicted molar refractivity (Wildman–Crippen MR) is 136 cm³/mol. The van der Waals surface area contributed by atoms with E-state index in [9.17, 15) is 4.79 Å². The first-order valence-electron chi connectivity index (χ1n) is 11.8. The van der Waals surface area contributed by atoms with Gasteiger partial charge in [0, 0.05) is 24.2 Å². The molecule has 184 valence electrons. The maximum atomic E-state index is 12.4. The standard InChI is InChI=1S/C24H27Cl2N7O2/c1-15-22-23(31-24(28-15)33-10-6-17(7-11-33)32-8-2-3-9-32)27-13-20(30-22)29-21(34)14-35-19-5-4-16(25)12-18(19)26/h4-5,12-13,17H,2-3,6-11,14H2,1H3,(H,29,30,34). The third-order valence-corrected chi connectivity index (χ3v) is 7.02. The van der Waals surface area contributed by atoms with E-state index in [2.05, 4.69) is 30.1 Å². The van der Waals surface area contributed by atoms with Crippen molar-refractivity contribution in [2.75, 3.05) is 43.0 Å². The lowest BCUT2D eigenvalue weighted by Crippen LogP contribution is -2.44. The number of fused-ring (bicyclic) bond motifs is 1. The lowest BCUT2D eigenvalue weighted by atomic mass is 10.0. The zero-order valence-corrected chi connectivity index (χ0v) is 21.0. The van der Waals surface area contributed by atoms with Gasteiger partial charge >= 0.3 is 0 Å². The smallest absolute Gasteiger partial charge is 0.263 e. The number of aromatic nitrogens is 4. The fraction of sp³-hybridized carbons (Fsp3) is 0.458. The molecule has 2 aliphatic heterocycles. The van der Waals surface area contributed by atoms with Crippen molar-refractivity contribution in [1.82, 2.24) is 24.8 Å². The molecule has 2 aliphatic rings. The zero-order chi connectivity index (χ0) is 24.4. The second kappa shape index (κ2) is 10.5. The maximum absolute atomic E-state index is 12.4. The molecule has 1 amide bonds. The minimum absolute atomic E-state index is 0.233. The van der Waals surface area contributed by atoms with Gasteiger partial charge in [0.1, 0.15) is 11.3 Å². The minimum Gasteiger partial charge on any atom is -0.482 e. The van der Waals surface area contributed by atoms with Crippen molar-refractivity contribution in [2.45, 2.75) is 38.6 Å². The molecule has 4 heterocycles. The molecule has 2 aromatic heterocycles. The SMILES string of the molecule is Cc1nc(N2CCC(N3CCCC3)CC2)nc2ncc(NC(=O)COc3ccc(Cl)cc3Cl)nc12. The zero-order valence-electron chi connectivity index (χ0n) is 19.5. The normalized spacial score (nSPS) is 17.2. The molecule has 0 atom stereocenters. The van der Waals surface area contributed by atoms with Crippen molar-refractivity contribution >= 4 is 52.0 Å². The van der Waals surface area contributed by atoms with E-state index in [1.807, 2.05) is 6.92 Å². The summed E-state index contributed by atoms with van der Waals surface area (Å²) in [6, 6.07) is 5.47. The number of nitrogens with zero attached hydrogens (tertiary/aromatic N) is 6. The molecule has 11 heteroatoms. The van der Waals surface area contributed by atoms with E-state index < -0.39 is 0 Å². The van der Waals surface area contributed by atoms with Gasteiger partial charge in [-0.1, -0.05) is 23.2 Å². The van der Waals surface area contributed by atoms with Crippen LogP contribution in [0.5, 0.6) is 5.75 Å². The van der Waals surface area contributed by atoms with E-state index in [0.29, 0.717) is 44.8 Å². The summed E-state index contributed by atoms with van der Waals surface area (Å²) in [5, 5.41) is 3.52. The molecule has 1 N–H and O–H groups in total. The summed E-state index contributed by atoms with van der Waals surface area (Å²) in [4.78, 5) is 35.5. The highest BCUT2D eigenvalue weighted by Crippen LogP contribution is 2.28. The number of carbonyl (C=O) groups excluding carboxylic acids is 1. The van der Waals surface area contributed by atoms with Crippen LogP contribution in [0.4, 0.5) is 11.8 Å². The van der Waals surface area contributed by atoms with Crippen LogP contribution in [-0.4, -0.2) is 69.6 Å². The fourth-order valence-electron chi connectivity index (χ4n) is 4.68. The molecule has 0 spiro atoms. The Morgan fingerprint density at radius 1 is 1.11 bits per heavy atom. The summed E-state index contributed by atoms with van der Waals surface area (Å²) in [5.41, 5.74) is 1.79. The fourth-order valence-corrected chi connectivity index (χ4v) is 5.15. The highest BCUT2D eigenvalue weighted by molar-refractivity contribution is 6.35. The first-order chi connectivity index (χ1) is 17.0. The Bertz CT molecular complexity index is 1230. The highest BCUT2D eigenvalue weighted by Gasteiger charge is 2.27. The van der Waals surface area contributed by atoms with Gasteiger partial charge in [-0.05, 0) is 63.9 Å². The van der Waals surface area contributed by atoms with E-state index in [0.717, 1.165) is 31.6 Å². The molecular formula is C24H27Cl2N7O2. The van der Waals surface area contributed by atoms with Crippen LogP contribution in [0.25, 0.3) is 11.2 Å². The number of likely N-dealkylation sites (tertiary alicyclic amines) is 1. The molecule has 5 rings (SSSR count). The highest BCUT2D eigenvalue weighted by atomic mass is 35.5. The van der Waals surface area contributed by atoms with E-state index >= 15 is 0 Å². The van der Waals surface area contributed by atoms with Gasteiger partial charge < -0.3 is 19.9 Å². The summed E-state index contributed by atoms with van der Waals surface area (Å²) in [7, 11) is 0. The average molecular weight is 516 g/mol. The van der Waals surface area contributed by atoms with Crippen molar-refractivity contribution in [3.05, 3.63) is 40.1 Å². The summed E-state index contributed by atoms with van der Waals surface area (Å²) in [6.07, 6.45) is 6.38. The number of hydrogen-bond donors (Lipinski definition) is 1. The Morgan fingerprint density at radius 3 is 2.63 bits per heavy atom. The number of benzene rings is 1. The number of aryl methyl sites for hydroxylation is 1. The van der Waals surface area contributed by atoms with Gasteiger partial charge in [0.05, 0.1) is 16.9 Å². The number of amides is 1. The summed E-state index contributed by atoms with van der Waals surface area (Å²) in [6.45, 7) is 5.98. The van der Waals surface area contributed by atoms with Crippen molar-refractivity contribution in [3.63, 3.8) is 0 Å². The number of hydrogen-bond acceptors (Lipinski definition) is 8. The molecule has 0 radical (unpaired) electrons. The van der Waals surface area contributed by atoms with E-state index in [1.165, 1.54) is 32.1 Å². The second-order valence-corrected chi connectivity index (χ2v) is 9.75. The Hall–Kier alpha value is -2.75. The molecule has 35 heavy (non-hydrogen) atoms. The lowest BCUT2D eigenvalue weighted by molar-refractivity contribution is -0.118. The topological polar surface area (TPSA) is 96.4 Å². The van der Waals surface area contributed by atoms with Crippen LogP contribution in [-0.2, 0) is 4.79 Å². The monoisotopic (exact) mass is 515 g/mol. The molecule has 0 unspecified atom stereocenters. The third-order valence-electron chi connectivity index (χ3n) is 6.49. The Labute approximate surface area is 213 Å². The maximum Gasteiger partial charge on any atom is 0.263 e. The van der Waals surface area contributed by atoms with Gasteiger partial charge in [-0.2, -0.15) is 4.98 Å². The van der Waals surface area contributed by atoms with Crippen LogP contribution in [0.2, 0.25) is 10.0 Å². The molecule has 2 saturated heterocycles. The number of rotatable bonds is 6. The van der Waals surface area contributed by atoms with Gasteiger partial charge in [-0.15, -0.1) is 0 Å². The average Bonchev–Trinajstić information content (AvgIpc) is 3.39. The molecule has 1 aromatic carbocycles. The molecule has 3 aromatic rings. The second-order valence-electron chi connectivity index (χ2n) is 8.91. The number of carbonyl (C=O) groups is 1.